The molecular formula is C25H29ClF2N6O2. The molecule has 1 aromatic carbocycles. The molecule has 4 heterocycles. The first-order chi connectivity index (χ1) is 17.2. The predicted octanol–water partition coefficient (Wildman–Crippen LogP) is 4.44. The lowest BCUT2D eigenvalue weighted by atomic mass is 9.85. The minimum atomic E-state index is -2.69. The summed E-state index contributed by atoms with van der Waals surface area (Å²) in [6, 6.07) is 3.05. The zero-order valence-corrected chi connectivity index (χ0v) is 21.0. The quantitative estimate of drug-likeness (QED) is 0.516. The van der Waals surface area contributed by atoms with Crippen molar-refractivity contribution in [3.8, 4) is 0 Å². The van der Waals surface area contributed by atoms with Gasteiger partial charge in [-0.15, -0.1) is 0 Å². The van der Waals surface area contributed by atoms with Crippen LogP contribution in [0.3, 0.4) is 0 Å². The molecule has 3 aliphatic rings. The molecule has 3 atom stereocenters. The van der Waals surface area contributed by atoms with Crippen molar-refractivity contribution < 1.29 is 18.6 Å². The Balaban J connectivity index is 1.20. The largest absolute Gasteiger partial charge is 0.389 e. The van der Waals surface area contributed by atoms with Crippen molar-refractivity contribution in [1.29, 1.82) is 0 Å². The van der Waals surface area contributed by atoms with E-state index in [1.807, 2.05) is 12.1 Å². The lowest BCUT2D eigenvalue weighted by Crippen LogP contribution is -2.56. The number of aliphatic hydroxyl groups excluding tert-OH is 1. The Labute approximate surface area is 212 Å². The molecule has 36 heavy (non-hydrogen) atoms. The number of fused-ring (bicyclic) bond motifs is 1. The van der Waals surface area contributed by atoms with E-state index < -0.39 is 18.1 Å². The molecule has 1 saturated carbocycles. The molecule has 8 nitrogen and oxygen atoms in total. The van der Waals surface area contributed by atoms with Crippen molar-refractivity contribution in [2.45, 2.75) is 62.6 Å². The summed E-state index contributed by atoms with van der Waals surface area (Å²) in [4.78, 5) is 11.4. The molecule has 2 N–H and O–H groups in total. The minimum absolute atomic E-state index is 0.183. The topological polar surface area (TPSA) is 88.3 Å². The molecule has 0 bridgehead atoms. The van der Waals surface area contributed by atoms with Gasteiger partial charge in [0.2, 0.25) is 5.95 Å². The highest BCUT2D eigenvalue weighted by Gasteiger charge is 2.59. The van der Waals surface area contributed by atoms with E-state index in [0.29, 0.717) is 35.6 Å². The second-order valence-corrected chi connectivity index (χ2v) is 10.9. The zero-order valence-electron chi connectivity index (χ0n) is 20.2. The van der Waals surface area contributed by atoms with Crippen LogP contribution in [-0.4, -0.2) is 73.6 Å². The number of likely N-dealkylation sites (tertiary alicyclic amines) is 1. The van der Waals surface area contributed by atoms with Gasteiger partial charge in [-0.3, -0.25) is 9.58 Å². The Bertz CT molecular complexity index is 1310. The number of anilines is 2. The number of piperidine rings is 1. The average Bonchev–Trinajstić information content (AvgIpc) is 3.13. The number of alkyl halides is 2. The van der Waals surface area contributed by atoms with Gasteiger partial charge < -0.3 is 15.2 Å². The monoisotopic (exact) mass is 518 g/mol. The fourth-order valence-electron chi connectivity index (χ4n) is 5.54. The van der Waals surface area contributed by atoms with Gasteiger partial charge >= 0.3 is 0 Å². The number of nitrogens with zero attached hydrogens (tertiary/aromatic N) is 5. The number of nitrogens with one attached hydrogen (secondary N) is 1. The summed E-state index contributed by atoms with van der Waals surface area (Å²) in [6.45, 7) is 6.47. The Morgan fingerprint density at radius 1 is 1.22 bits per heavy atom. The molecule has 1 aliphatic carbocycles. The Hall–Kier alpha value is -2.40. The van der Waals surface area contributed by atoms with Crippen LogP contribution in [0.5, 0.6) is 0 Å². The van der Waals surface area contributed by atoms with Gasteiger partial charge in [-0.05, 0) is 63.4 Å². The third kappa shape index (κ3) is 4.04. The van der Waals surface area contributed by atoms with E-state index in [1.54, 1.807) is 13.1 Å². The standard InChI is InChI=1S/C25H29ClF2N6O2/c1-14-20(11-30-34(14)21-9-25(21,27)28)32-23-29-10-16-7-18(26)17(8-19(16)31-23)15-3-5-33(6-4-15)24(2)13-36-12-22(24)35/h7-8,10-11,15,21-22,35H,3-6,9,12-13H2,1-2H3,(H,29,31,32)/t21-,22+,24-/m1/s1. The summed E-state index contributed by atoms with van der Waals surface area (Å²) in [5, 5.41) is 19.2. The fraction of sp³-hybridized carbons (Fsp3) is 0.560. The van der Waals surface area contributed by atoms with Gasteiger partial charge in [0.1, 0.15) is 6.04 Å². The van der Waals surface area contributed by atoms with E-state index in [9.17, 15) is 13.9 Å². The van der Waals surface area contributed by atoms with E-state index in [0.717, 1.165) is 42.4 Å². The summed E-state index contributed by atoms with van der Waals surface area (Å²) in [5.74, 6) is -2.03. The molecule has 2 saturated heterocycles. The number of aliphatic hydroxyl groups is 1. The first kappa shape index (κ1) is 24.0. The van der Waals surface area contributed by atoms with Gasteiger partial charge in [0.05, 0.1) is 48.0 Å². The summed E-state index contributed by atoms with van der Waals surface area (Å²) >= 11 is 6.69. The molecule has 0 unspecified atom stereocenters. The number of benzene rings is 1. The zero-order chi connectivity index (χ0) is 25.2. The van der Waals surface area contributed by atoms with E-state index in [-0.39, 0.29) is 17.9 Å². The first-order valence-corrected chi connectivity index (χ1v) is 12.7. The molecule has 192 valence electrons. The van der Waals surface area contributed by atoms with Crippen LogP contribution in [0.4, 0.5) is 20.4 Å². The van der Waals surface area contributed by atoms with Crippen molar-refractivity contribution >= 4 is 34.1 Å². The Morgan fingerprint density at radius 2 is 1.97 bits per heavy atom. The fourth-order valence-corrected chi connectivity index (χ4v) is 5.87. The van der Waals surface area contributed by atoms with Crippen molar-refractivity contribution in [2.75, 3.05) is 31.6 Å². The van der Waals surface area contributed by atoms with Crippen LogP contribution in [-0.2, 0) is 4.74 Å². The maximum atomic E-state index is 13.5. The SMILES string of the molecule is Cc1c(Nc2ncc3cc(Cl)c(C4CCN([C@]5(C)COC[C@@H]5O)CC4)cc3n2)cnn1[C@@H]1CC1(F)F. The summed E-state index contributed by atoms with van der Waals surface area (Å²) < 4.78 is 33.9. The van der Waals surface area contributed by atoms with Gasteiger partial charge in [-0.1, -0.05) is 11.6 Å². The molecule has 0 radical (unpaired) electrons. The third-order valence-electron chi connectivity index (χ3n) is 8.12. The summed E-state index contributed by atoms with van der Waals surface area (Å²) in [5.41, 5.74) is 2.70. The average molecular weight is 519 g/mol. The second-order valence-electron chi connectivity index (χ2n) is 10.5. The Morgan fingerprint density at radius 3 is 2.64 bits per heavy atom. The van der Waals surface area contributed by atoms with Crippen LogP contribution in [0.15, 0.2) is 24.5 Å². The molecule has 2 aliphatic heterocycles. The third-order valence-corrected chi connectivity index (χ3v) is 8.45. The van der Waals surface area contributed by atoms with Gasteiger partial charge in [0, 0.05) is 23.0 Å². The lowest BCUT2D eigenvalue weighted by molar-refractivity contribution is -0.00211. The number of aromatic nitrogens is 4. The molecule has 2 aromatic heterocycles. The number of ether oxygens (including phenoxy) is 1. The molecule has 3 fully saturated rings. The first-order valence-electron chi connectivity index (χ1n) is 12.3. The van der Waals surface area contributed by atoms with E-state index in [4.69, 9.17) is 16.3 Å². The Kier molecular flexibility index (Phi) is 5.71. The van der Waals surface area contributed by atoms with Crippen molar-refractivity contribution in [3.63, 3.8) is 0 Å². The van der Waals surface area contributed by atoms with Gasteiger partial charge in [0.15, 0.2) is 0 Å². The van der Waals surface area contributed by atoms with Crippen LogP contribution in [0, 0.1) is 6.92 Å². The highest BCUT2D eigenvalue weighted by molar-refractivity contribution is 6.32. The van der Waals surface area contributed by atoms with Gasteiger partial charge in [0.25, 0.3) is 5.92 Å². The molecule has 11 heteroatoms. The molecular weight excluding hydrogens is 490 g/mol. The maximum absolute atomic E-state index is 13.5. The number of halogens is 3. The minimum Gasteiger partial charge on any atom is -0.389 e. The molecule has 3 aromatic rings. The van der Waals surface area contributed by atoms with Gasteiger partial charge in [-0.2, -0.15) is 5.10 Å². The van der Waals surface area contributed by atoms with E-state index in [2.05, 4.69) is 32.2 Å². The van der Waals surface area contributed by atoms with Crippen molar-refractivity contribution in [1.82, 2.24) is 24.6 Å². The highest BCUT2D eigenvalue weighted by Crippen LogP contribution is 2.53. The van der Waals surface area contributed by atoms with Gasteiger partial charge in [-0.25, -0.2) is 18.7 Å². The molecule has 0 spiro atoms. The summed E-state index contributed by atoms with van der Waals surface area (Å²) in [6.07, 6.45) is 4.43. The lowest BCUT2D eigenvalue weighted by Gasteiger charge is -2.43. The van der Waals surface area contributed by atoms with Crippen LogP contribution in [0.25, 0.3) is 10.9 Å². The van der Waals surface area contributed by atoms with Crippen LogP contribution < -0.4 is 5.32 Å². The van der Waals surface area contributed by atoms with Crippen molar-refractivity contribution in [2.24, 2.45) is 0 Å². The predicted molar refractivity (Wildman–Crippen MR) is 132 cm³/mol. The van der Waals surface area contributed by atoms with Crippen LogP contribution in [0.1, 0.15) is 49.4 Å². The van der Waals surface area contributed by atoms with E-state index >= 15 is 0 Å². The van der Waals surface area contributed by atoms with Crippen molar-refractivity contribution in [3.05, 3.63) is 40.8 Å². The molecule has 0 amide bonds. The highest BCUT2D eigenvalue weighted by atomic mass is 35.5. The number of rotatable bonds is 5. The number of hydrogen-bond acceptors (Lipinski definition) is 7. The molecule has 6 rings (SSSR count). The van der Waals surface area contributed by atoms with Crippen LogP contribution >= 0.6 is 11.6 Å². The summed E-state index contributed by atoms with van der Waals surface area (Å²) in [7, 11) is 0. The smallest absolute Gasteiger partial charge is 0.272 e. The number of hydrogen-bond donors (Lipinski definition) is 2. The van der Waals surface area contributed by atoms with E-state index in [1.165, 1.54) is 10.9 Å². The van der Waals surface area contributed by atoms with Crippen LogP contribution in [0.2, 0.25) is 5.02 Å². The maximum Gasteiger partial charge on any atom is 0.272 e. The second kappa shape index (κ2) is 8.58. The normalized spacial score (nSPS) is 28.6.